The molecule has 2 rings (SSSR count). The SMILES string of the molecule is CC(NS(=O)(=O)c1ccc(OC(F)F)cc1[N+](=O)[O-])c1ccccc1. The minimum absolute atomic E-state index is 0.503. The molecule has 0 spiro atoms. The monoisotopic (exact) mass is 372 g/mol. The fraction of sp³-hybridized carbons (Fsp3) is 0.200. The Morgan fingerprint density at radius 2 is 1.80 bits per heavy atom. The van der Waals surface area contributed by atoms with Crippen LogP contribution in [0.2, 0.25) is 0 Å². The van der Waals surface area contributed by atoms with Crippen LogP contribution in [-0.4, -0.2) is 20.0 Å². The standard InChI is InChI=1S/C15H14F2N2O5S/c1-10(11-5-3-2-4-6-11)18-25(22,23)14-8-7-12(24-15(16)17)9-13(14)19(20)21/h2-10,15,18H,1H3. The Balaban J connectivity index is 2.36. The summed E-state index contributed by atoms with van der Waals surface area (Å²) in [7, 11) is -4.26. The lowest BCUT2D eigenvalue weighted by Crippen LogP contribution is -2.27. The highest BCUT2D eigenvalue weighted by atomic mass is 32.2. The lowest BCUT2D eigenvalue weighted by Gasteiger charge is -2.15. The first-order valence-corrected chi connectivity index (χ1v) is 8.49. The van der Waals surface area contributed by atoms with Gasteiger partial charge in [0.25, 0.3) is 5.69 Å². The van der Waals surface area contributed by atoms with E-state index < -0.39 is 43.9 Å². The molecule has 0 aliphatic rings. The van der Waals surface area contributed by atoms with Crippen molar-refractivity contribution in [3.8, 4) is 5.75 Å². The summed E-state index contributed by atoms with van der Waals surface area (Å²) in [5.41, 5.74) is -0.197. The molecule has 10 heteroatoms. The van der Waals surface area contributed by atoms with Crippen LogP contribution in [0.1, 0.15) is 18.5 Å². The van der Waals surface area contributed by atoms with Crippen LogP contribution < -0.4 is 9.46 Å². The van der Waals surface area contributed by atoms with E-state index in [9.17, 15) is 27.3 Å². The lowest BCUT2D eigenvalue weighted by atomic mass is 10.1. The quantitative estimate of drug-likeness (QED) is 0.594. The third-order valence-corrected chi connectivity index (χ3v) is 4.86. The summed E-state index contributed by atoms with van der Waals surface area (Å²) < 4.78 is 55.8. The minimum Gasteiger partial charge on any atom is -0.435 e. The van der Waals surface area contributed by atoms with Crippen molar-refractivity contribution in [2.75, 3.05) is 0 Å². The van der Waals surface area contributed by atoms with Gasteiger partial charge in [0.2, 0.25) is 10.0 Å². The van der Waals surface area contributed by atoms with Crippen LogP contribution in [0.4, 0.5) is 14.5 Å². The number of nitrogens with one attached hydrogen (secondary N) is 1. The molecule has 0 saturated heterocycles. The molecule has 0 heterocycles. The Labute approximate surface area is 142 Å². The van der Waals surface area contributed by atoms with Crippen LogP contribution in [-0.2, 0) is 10.0 Å². The molecule has 0 saturated carbocycles. The van der Waals surface area contributed by atoms with Crippen LogP contribution in [0, 0.1) is 10.1 Å². The molecule has 2 aromatic rings. The van der Waals surface area contributed by atoms with Crippen molar-refractivity contribution in [2.45, 2.75) is 24.5 Å². The number of sulfonamides is 1. The van der Waals surface area contributed by atoms with Crippen molar-refractivity contribution in [1.29, 1.82) is 0 Å². The minimum atomic E-state index is -4.26. The first-order chi connectivity index (χ1) is 11.7. The van der Waals surface area contributed by atoms with Gasteiger partial charge in [-0.15, -0.1) is 0 Å². The van der Waals surface area contributed by atoms with Gasteiger partial charge in [-0.3, -0.25) is 10.1 Å². The van der Waals surface area contributed by atoms with Gasteiger partial charge in [-0.1, -0.05) is 30.3 Å². The van der Waals surface area contributed by atoms with E-state index in [0.29, 0.717) is 11.6 Å². The Morgan fingerprint density at radius 1 is 1.16 bits per heavy atom. The summed E-state index contributed by atoms with van der Waals surface area (Å²) in [6.45, 7) is -1.61. The van der Waals surface area contributed by atoms with Gasteiger partial charge in [0.1, 0.15) is 5.75 Å². The molecule has 0 aromatic heterocycles. The molecule has 0 amide bonds. The highest BCUT2D eigenvalue weighted by Crippen LogP contribution is 2.30. The fourth-order valence-electron chi connectivity index (χ4n) is 2.15. The summed E-state index contributed by atoms with van der Waals surface area (Å²) in [5, 5.41) is 11.1. The summed E-state index contributed by atoms with van der Waals surface area (Å²) in [4.78, 5) is 9.52. The molecule has 0 radical (unpaired) electrons. The van der Waals surface area contributed by atoms with Crippen LogP contribution >= 0.6 is 0 Å². The Hall–Kier alpha value is -2.59. The molecular formula is C15H14F2N2O5S. The number of nitro groups is 1. The van der Waals surface area contributed by atoms with E-state index in [4.69, 9.17) is 0 Å². The smallest absolute Gasteiger partial charge is 0.387 e. The molecule has 0 aliphatic carbocycles. The number of benzene rings is 2. The number of ether oxygens (including phenoxy) is 1. The van der Waals surface area contributed by atoms with Crippen molar-refractivity contribution in [2.24, 2.45) is 0 Å². The van der Waals surface area contributed by atoms with E-state index in [1.165, 1.54) is 0 Å². The summed E-state index contributed by atoms with van der Waals surface area (Å²) in [5.74, 6) is -0.503. The Bertz CT molecular complexity index is 859. The van der Waals surface area contributed by atoms with E-state index in [1.54, 1.807) is 37.3 Å². The van der Waals surface area contributed by atoms with Gasteiger partial charge in [-0.05, 0) is 24.6 Å². The first-order valence-electron chi connectivity index (χ1n) is 7.01. The first kappa shape index (κ1) is 18.7. The number of nitrogens with zero attached hydrogens (tertiary/aromatic N) is 1. The zero-order chi connectivity index (χ0) is 18.6. The normalized spacial score (nSPS) is 12.8. The average Bonchev–Trinajstić information content (AvgIpc) is 2.54. The summed E-state index contributed by atoms with van der Waals surface area (Å²) in [6.07, 6.45) is 0. The van der Waals surface area contributed by atoms with Crippen molar-refractivity contribution in [1.82, 2.24) is 4.72 Å². The predicted molar refractivity (Wildman–Crippen MR) is 84.9 cm³/mol. The van der Waals surface area contributed by atoms with Crippen LogP contribution in [0.5, 0.6) is 5.75 Å². The van der Waals surface area contributed by atoms with Crippen LogP contribution in [0.15, 0.2) is 53.4 Å². The maximum atomic E-state index is 12.5. The van der Waals surface area contributed by atoms with Gasteiger partial charge in [0.15, 0.2) is 4.90 Å². The zero-order valence-corrected chi connectivity index (χ0v) is 13.7. The summed E-state index contributed by atoms with van der Waals surface area (Å²) in [6, 6.07) is 10.4. The van der Waals surface area contributed by atoms with Gasteiger partial charge >= 0.3 is 6.61 Å². The third kappa shape index (κ3) is 4.70. The maximum Gasteiger partial charge on any atom is 0.387 e. The highest BCUT2D eigenvalue weighted by molar-refractivity contribution is 7.89. The lowest BCUT2D eigenvalue weighted by molar-refractivity contribution is -0.388. The average molecular weight is 372 g/mol. The molecule has 2 aromatic carbocycles. The second-order valence-corrected chi connectivity index (χ2v) is 6.70. The molecule has 1 N–H and O–H groups in total. The van der Waals surface area contributed by atoms with Gasteiger partial charge < -0.3 is 4.74 Å². The van der Waals surface area contributed by atoms with Crippen LogP contribution in [0.25, 0.3) is 0 Å². The summed E-state index contributed by atoms with van der Waals surface area (Å²) >= 11 is 0. The fourth-order valence-corrected chi connectivity index (χ4v) is 3.53. The molecule has 0 fully saturated rings. The number of halogens is 2. The number of hydrogen-bond donors (Lipinski definition) is 1. The molecule has 1 atom stereocenters. The second-order valence-electron chi connectivity index (χ2n) is 5.02. The Kier molecular flexibility index (Phi) is 5.65. The van der Waals surface area contributed by atoms with E-state index in [0.717, 1.165) is 12.1 Å². The molecular weight excluding hydrogens is 358 g/mol. The van der Waals surface area contributed by atoms with E-state index >= 15 is 0 Å². The van der Waals surface area contributed by atoms with Gasteiger partial charge in [0.05, 0.1) is 11.0 Å². The molecule has 25 heavy (non-hydrogen) atoms. The van der Waals surface area contributed by atoms with E-state index in [-0.39, 0.29) is 0 Å². The number of hydrogen-bond acceptors (Lipinski definition) is 5. The highest BCUT2D eigenvalue weighted by Gasteiger charge is 2.28. The van der Waals surface area contributed by atoms with Crippen molar-refractivity contribution in [3.05, 3.63) is 64.2 Å². The van der Waals surface area contributed by atoms with Crippen molar-refractivity contribution < 1.29 is 26.9 Å². The topological polar surface area (TPSA) is 98.5 Å². The number of alkyl halides is 2. The van der Waals surface area contributed by atoms with Gasteiger partial charge in [0, 0.05) is 6.04 Å². The largest absolute Gasteiger partial charge is 0.435 e. The van der Waals surface area contributed by atoms with Crippen molar-refractivity contribution >= 4 is 15.7 Å². The molecule has 134 valence electrons. The molecule has 0 aliphatic heterocycles. The Morgan fingerprint density at radius 3 is 2.36 bits per heavy atom. The van der Waals surface area contributed by atoms with Gasteiger partial charge in [-0.25, -0.2) is 13.1 Å². The third-order valence-electron chi connectivity index (χ3n) is 3.27. The van der Waals surface area contributed by atoms with Gasteiger partial charge in [-0.2, -0.15) is 8.78 Å². The molecule has 7 nitrogen and oxygen atoms in total. The molecule has 1 unspecified atom stereocenters. The maximum absolute atomic E-state index is 12.5. The van der Waals surface area contributed by atoms with Crippen LogP contribution in [0.3, 0.4) is 0 Å². The van der Waals surface area contributed by atoms with E-state index in [1.807, 2.05) is 0 Å². The van der Waals surface area contributed by atoms with E-state index in [2.05, 4.69) is 9.46 Å². The number of rotatable bonds is 7. The number of nitro benzene ring substituents is 1. The van der Waals surface area contributed by atoms with Crippen molar-refractivity contribution in [3.63, 3.8) is 0 Å². The zero-order valence-electron chi connectivity index (χ0n) is 12.9. The predicted octanol–water partition coefficient (Wildman–Crippen LogP) is 3.24. The molecule has 0 bridgehead atoms. The second kappa shape index (κ2) is 7.53.